The van der Waals surface area contributed by atoms with Crippen molar-refractivity contribution in [2.75, 3.05) is 19.6 Å². The molecule has 1 aromatic heterocycles. The van der Waals surface area contributed by atoms with Gasteiger partial charge in [0, 0.05) is 19.0 Å². The van der Waals surface area contributed by atoms with E-state index in [-0.39, 0.29) is 30.0 Å². The minimum atomic E-state index is -0.504. The summed E-state index contributed by atoms with van der Waals surface area (Å²) >= 11 is 0. The van der Waals surface area contributed by atoms with Crippen molar-refractivity contribution in [2.45, 2.75) is 58.5 Å². The van der Waals surface area contributed by atoms with Crippen LogP contribution in [0, 0.1) is 5.92 Å². The Hall–Kier alpha value is -2.35. The monoisotopic (exact) mass is 390 g/mol. The van der Waals surface area contributed by atoms with E-state index in [0.717, 1.165) is 38.8 Å². The summed E-state index contributed by atoms with van der Waals surface area (Å²) in [5.74, 6) is -0.381. The summed E-state index contributed by atoms with van der Waals surface area (Å²) in [6.07, 6.45) is 4.52. The highest BCUT2D eigenvalue weighted by Crippen LogP contribution is 2.29. The summed E-state index contributed by atoms with van der Waals surface area (Å²) in [4.78, 5) is 40.8. The Balaban J connectivity index is 1.47. The van der Waals surface area contributed by atoms with Crippen LogP contribution in [0.5, 0.6) is 0 Å². The van der Waals surface area contributed by atoms with Gasteiger partial charge >= 0.3 is 5.91 Å². The number of nitrogens with one attached hydrogen (secondary N) is 2. The number of hydrazine groups is 1. The first-order valence-corrected chi connectivity index (χ1v) is 10.2. The molecule has 1 atom stereocenters. The van der Waals surface area contributed by atoms with Gasteiger partial charge in [-0.25, -0.2) is 0 Å². The zero-order valence-corrected chi connectivity index (χ0v) is 16.7. The largest absolute Gasteiger partial charge is 0.454 e. The molecule has 1 saturated carbocycles. The van der Waals surface area contributed by atoms with Crippen LogP contribution in [-0.2, 0) is 16.1 Å². The first-order chi connectivity index (χ1) is 13.5. The molecule has 1 aromatic rings. The molecule has 8 nitrogen and oxygen atoms in total. The third-order valence-electron chi connectivity index (χ3n) is 5.75. The van der Waals surface area contributed by atoms with Gasteiger partial charge in [0.2, 0.25) is 11.8 Å². The molecule has 2 aliphatic rings. The quantitative estimate of drug-likeness (QED) is 0.691. The molecule has 1 saturated heterocycles. The normalized spacial score (nSPS) is 20.2. The van der Waals surface area contributed by atoms with Crippen molar-refractivity contribution in [3.8, 4) is 0 Å². The second-order valence-corrected chi connectivity index (χ2v) is 7.56. The first kappa shape index (κ1) is 20.4. The smallest absolute Gasteiger partial charge is 0.305 e. The van der Waals surface area contributed by atoms with Crippen molar-refractivity contribution >= 4 is 17.7 Å². The summed E-state index contributed by atoms with van der Waals surface area (Å²) in [6, 6.07) is 3.64. The number of likely N-dealkylation sites (tertiary alicyclic amines) is 1. The van der Waals surface area contributed by atoms with Gasteiger partial charge in [-0.15, -0.1) is 0 Å². The minimum Gasteiger partial charge on any atom is -0.454 e. The molecule has 8 heteroatoms. The Morgan fingerprint density at radius 3 is 2.57 bits per heavy atom. The van der Waals surface area contributed by atoms with Crippen LogP contribution < -0.4 is 10.9 Å². The molecule has 0 spiro atoms. The predicted octanol–water partition coefficient (Wildman–Crippen LogP) is 1.67. The van der Waals surface area contributed by atoms with E-state index in [0.29, 0.717) is 18.8 Å². The lowest BCUT2D eigenvalue weighted by Gasteiger charge is -2.23. The Labute approximate surface area is 165 Å². The van der Waals surface area contributed by atoms with E-state index in [1.54, 1.807) is 12.1 Å². The van der Waals surface area contributed by atoms with Crippen molar-refractivity contribution in [3.05, 3.63) is 23.7 Å². The van der Waals surface area contributed by atoms with Crippen LogP contribution in [0.25, 0.3) is 0 Å². The Morgan fingerprint density at radius 1 is 1.18 bits per heavy atom. The zero-order chi connectivity index (χ0) is 20.1. The Bertz CT molecular complexity index is 707. The number of nitrogens with zero attached hydrogens (tertiary/aromatic N) is 2. The minimum absolute atomic E-state index is 0.0328. The average molecular weight is 390 g/mol. The molecule has 1 aliphatic heterocycles. The Morgan fingerprint density at radius 2 is 1.89 bits per heavy atom. The number of amides is 3. The summed E-state index contributed by atoms with van der Waals surface area (Å²) in [6.45, 7) is 6.99. The number of furan rings is 1. The van der Waals surface area contributed by atoms with Gasteiger partial charge in [0.15, 0.2) is 5.76 Å². The lowest BCUT2D eigenvalue weighted by Crippen LogP contribution is -2.45. The number of hydrogen-bond acceptors (Lipinski definition) is 5. The maximum Gasteiger partial charge on any atom is 0.305 e. The van der Waals surface area contributed by atoms with Crippen molar-refractivity contribution in [1.82, 2.24) is 20.7 Å². The van der Waals surface area contributed by atoms with Gasteiger partial charge < -0.3 is 9.32 Å². The molecule has 2 heterocycles. The first-order valence-electron chi connectivity index (χ1n) is 10.2. The topological polar surface area (TPSA) is 94.9 Å². The maximum absolute atomic E-state index is 12.4. The summed E-state index contributed by atoms with van der Waals surface area (Å²) in [7, 11) is 0. The number of carbonyl (C=O) groups is 3. The molecule has 0 aromatic carbocycles. The summed E-state index contributed by atoms with van der Waals surface area (Å²) in [5.41, 5.74) is 4.83. The molecular formula is C20H30N4O4. The molecule has 2 fully saturated rings. The SMILES string of the molecule is CCN(CC)Cc1ccc(C(=O)NNC(=O)C2CC(=O)N(C3CCCC3)C2)o1. The fraction of sp³-hybridized carbons (Fsp3) is 0.650. The van der Waals surface area contributed by atoms with Gasteiger partial charge in [0.25, 0.3) is 0 Å². The van der Waals surface area contributed by atoms with E-state index in [2.05, 4.69) is 29.6 Å². The molecule has 2 N–H and O–H groups in total. The summed E-state index contributed by atoms with van der Waals surface area (Å²) in [5, 5.41) is 0. The second kappa shape index (κ2) is 9.23. The van der Waals surface area contributed by atoms with Crippen molar-refractivity contribution in [1.29, 1.82) is 0 Å². The fourth-order valence-electron chi connectivity index (χ4n) is 4.01. The van der Waals surface area contributed by atoms with Crippen LogP contribution in [0.15, 0.2) is 16.5 Å². The molecule has 154 valence electrons. The van der Waals surface area contributed by atoms with Crippen molar-refractivity contribution < 1.29 is 18.8 Å². The van der Waals surface area contributed by atoms with Crippen molar-refractivity contribution in [3.63, 3.8) is 0 Å². The number of rotatable bonds is 7. The van der Waals surface area contributed by atoms with Crippen LogP contribution in [0.2, 0.25) is 0 Å². The molecule has 1 unspecified atom stereocenters. The highest BCUT2D eigenvalue weighted by Gasteiger charge is 2.38. The average Bonchev–Trinajstić information content (AvgIpc) is 3.44. The van der Waals surface area contributed by atoms with E-state index in [9.17, 15) is 14.4 Å². The highest BCUT2D eigenvalue weighted by atomic mass is 16.4. The van der Waals surface area contributed by atoms with Crippen LogP contribution >= 0.6 is 0 Å². The van der Waals surface area contributed by atoms with Gasteiger partial charge in [-0.1, -0.05) is 26.7 Å². The molecule has 1 aliphatic carbocycles. The van der Waals surface area contributed by atoms with E-state index >= 15 is 0 Å². The van der Waals surface area contributed by atoms with Crippen LogP contribution in [0.4, 0.5) is 0 Å². The summed E-state index contributed by atoms with van der Waals surface area (Å²) < 4.78 is 5.57. The predicted molar refractivity (Wildman–Crippen MR) is 103 cm³/mol. The van der Waals surface area contributed by atoms with E-state index in [1.165, 1.54) is 0 Å². The van der Waals surface area contributed by atoms with Crippen LogP contribution in [0.1, 0.15) is 62.3 Å². The van der Waals surface area contributed by atoms with E-state index in [1.807, 2.05) is 4.90 Å². The third-order valence-corrected chi connectivity index (χ3v) is 5.75. The number of carbonyl (C=O) groups excluding carboxylic acids is 3. The molecule has 28 heavy (non-hydrogen) atoms. The van der Waals surface area contributed by atoms with Gasteiger partial charge in [0.1, 0.15) is 5.76 Å². The molecule has 3 amide bonds. The van der Waals surface area contributed by atoms with Crippen molar-refractivity contribution in [2.24, 2.45) is 5.92 Å². The highest BCUT2D eigenvalue weighted by molar-refractivity contribution is 5.94. The molecule has 3 rings (SSSR count). The number of hydrogen-bond donors (Lipinski definition) is 2. The fourth-order valence-corrected chi connectivity index (χ4v) is 4.01. The van der Waals surface area contributed by atoms with E-state index < -0.39 is 11.8 Å². The third kappa shape index (κ3) is 4.73. The van der Waals surface area contributed by atoms with Gasteiger partial charge in [0.05, 0.1) is 12.5 Å². The lowest BCUT2D eigenvalue weighted by molar-refractivity contribution is -0.130. The lowest BCUT2D eigenvalue weighted by atomic mass is 10.1. The molecule has 0 radical (unpaired) electrons. The van der Waals surface area contributed by atoms with Gasteiger partial charge in [-0.05, 0) is 38.1 Å². The molecule has 0 bridgehead atoms. The zero-order valence-electron chi connectivity index (χ0n) is 16.7. The standard InChI is InChI=1S/C20H30N4O4/c1-3-23(4-2)13-16-9-10-17(28-16)20(27)22-21-19(26)14-11-18(25)24(12-14)15-7-5-6-8-15/h9-10,14-15H,3-8,11-13H2,1-2H3,(H,21,26)(H,22,27). The van der Waals surface area contributed by atoms with Gasteiger partial charge in [-0.2, -0.15) is 0 Å². The maximum atomic E-state index is 12.4. The van der Waals surface area contributed by atoms with Gasteiger partial charge in [-0.3, -0.25) is 30.1 Å². The van der Waals surface area contributed by atoms with Crippen LogP contribution in [-0.4, -0.2) is 53.2 Å². The molecular weight excluding hydrogens is 360 g/mol. The van der Waals surface area contributed by atoms with Crippen LogP contribution in [0.3, 0.4) is 0 Å². The van der Waals surface area contributed by atoms with E-state index in [4.69, 9.17) is 4.42 Å². The second-order valence-electron chi connectivity index (χ2n) is 7.56. The Kier molecular flexibility index (Phi) is 6.72.